The van der Waals surface area contributed by atoms with E-state index in [0.717, 1.165) is 43.8 Å². The van der Waals surface area contributed by atoms with Crippen molar-refractivity contribution in [1.29, 1.82) is 0 Å². The molecule has 2 atom stereocenters. The molecular formula is C21H30N2O. The van der Waals surface area contributed by atoms with E-state index in [-0.39, 0.29) is 0 Å². The van der Waals surface area contributed by atoms with Gasteiger partial charge in [-0.15, -0.1) is 0 Å². The third-order valence-electron chi connectivity index (χ3n) is 6.78. The van der Waals surface area contributed by atoms with E-state index >= 15 is 0 Å². The van der Waals surface area contributed by atoms with Crippen LogP contribution < -0.4 is 9.64 Å². The number of ether oxygens (including phenoxy) is 1. The highest BCUT2D eigenvalue weighted by Crippen LogP contribution is 2.59. The number of benzene rings is 1. The van der Waals surface area contributed by atoms with Crippen LogP contribution in [-0.4, -0.2) is 44.7 Å². The second-order valence-electron chi connectivity index (χ2n) is 8.29. The molecule has 2 fully saturated rings. The topological polar surface area (TPSA) is 15.7 Å². The average Bonchev–Trinajstić information content (AvgIpc) is 2.62. The fraction of sp³-hybridized carbons (Fsp3) is 0.619. The van der Waals surface area contributed by atoms with Gasteiger partial charge in [-0.1, -0.05) is 31.6 Å². The Balaban J connectivity index is 1.34. The van der Waals surface area contributed by atoms with E-state index in [2.05, 4.69) is 47.9 Å². The number of methoxy groups -OCH3 is 1. The predicted molar refractivity (Wildman–Crippen MR) is 99.7 cm³/mol. The summed E-state index contributed by atoms with van der Waals surface area (Å²) in [7, 11) is 1.74. The van der Waals surface area contributed by atoms with Crippen molar-refractivity contribution in [1.82, 2.24) is 4.90 Å². The Morgan fingerprint density at radius 3 is 2.62 bits per heavy atom. The highest BCUT2D eigenvalue weighted by molar-refractivity contribution is 5.51. The second kappa shape index (κ2) is 6.11. The summed E-state index contributed by atoms with van der Waals surface area (Å²) in [4.78, 5) is 5.13. The van der Waals surface area contributed by atoms with Gasteiger partial charge < -0.3 is 9.64 Å². The summed E-state index contributed by atoms with van der Waals surface area (Å²) in [5.41, 5.74) is 3.55. The molecular weight excluding hydrogens is 296 g/mol. The van der Waals surface area contributed by atoms with Crippen molar-refractivity contribution in [2.24, 2.45) is 17.3 Å². The maximum absolute atomic E-state index is 5.36. The van der Waals surface area contributed by atoms with Gasteiger partial charge >= 0.3 is 0 Å². The van der Waals surface area contributed by atoms with Gasteiger partial charge in [0.15, 0.2) is 0 Å². The third kappa shape index (κ3) is 2.73. The summed E-state index contributed by atoms with van der Waals surface area (Å²) in [6.07, 6.45) is 5.30. The number of hydrogen-bond donors (Lipinski definition) is 0. The van der Waals surface area contributed by atoms with Crippen molar-refractivity contribution >= 4 is 5.69 Å². The van der Waals surface area contributed by atoms with Crippen molar-refractivity contribution < 1.29 is 4.74 Å². The molecule has 3 nitrogen and oxygen atoms in total. The zero-order valence-electron chi connectivity index (χ0n) is 15.3. The average molecular weight is 326 g/mol. The second-order valence-corrected chi connectivity index (χ2v) is 8.29. The summed E-state index contributed by atoms with van der Waals surface area (Å²) in [5, 5.41) is 0. The Kier molecular flexibility index (Phi) is 4.07. The van der Waals surface area contributed by atoms with Crippen LogP contribution in [0.15, 0.2) is 35.9 Å². The van der Waals surface area contributed by atoms with Crippen LogP contribution >= 0.6 is 0 Å². The van der Waals surface area contributed by atoms with Crippen molar-refractivity contribution in [3.05, 3.63) is 35.9 Å². The van der Waals surface area contributed by atoms with Crippen LogP contribution in [0.2, 0.25) is 0 Å². The van der Waals surface area contributed by atoms with E-state index in [0.29, 0.717) is 5.41 Å². The van der Waals surface area contributed by atoms with Gasteiger partial charge in [-0.3, -0.25) is 4.90 Å². The molecule has 5 rings (SSSR count). The molecule has 0 unspecified atom stereocenters. The van der Waals surface area contributed by atoms with Gasteiger partial charge in [0, 0.05) is 44.5 Å². The molecule has 0 amide bonds. The zero-order valence-corrected chi connectivity index (χ0v) is 15.3. The lowest BCUT2D eigenvalue weighted by molar-refractivity contribution is -0.0107. The minimum atomic E-state index is 0.548. The first-order chi connectivity index (χ1) is 11.6. The maximum atomic E-state index is 5.36. The molecule has 1 saturated carbocycles. The molecule has 0 radical (unpaired) electrons. The highest BCUT2D eigenvalue weighted by atomic mass is 16.5. The van der Waals surface area contributed by atoms with E-state index < -0.39 is 0 Å². The van der Waals surface area contributed by atoms with E-state index in [1.165, 1.54) is 25.1 Å². The van der Waals surface area contributed by atoms with Gasteiger partial charge in [0.05, 0.1) is 7.11 Å². The molecule has 130 valence electrons. The van der Waals surface area contributed by atoms with Gasteiger partial charge in [0.25, 0.3) is 0 Å². The van der Waals surface area contributed by atoms with Crippen LogP contribution in [0.4, 0.5) is 5.69 Å². The minimum absolute atomic E-state index is 0.548. The van der Waals surface area contributed by atoms with E-state index in [1.54, 1.807) is 12.7 Å². The molecule has 1 aliphatic heterocycles. The zero-order chi connectivity index (χ0) is 16.7. The number of allylic oxidation sites excluding steroid dienone is 1. The van der Waals surface area contributed by atoms with Gasteiger partial charge in [0.2, 0.25) is 0 Å². The number of fused-ring (bicyclic) bond motifs is 1. The van der Waals surface area contributed by atoms with Crippen molar-refractivity contribution in [2.45, 2.75) is 26.7 Å². The minimum Gasteiger partial charge on any atom is -0.497 e. The molecule has 1 heterocycles. The number of nitrogens with zero attached hydrogens (tertiary/aromatic N) is 2. The molecule has 0 aromatic heterocycles. The quantitative estimate of drug-likeness (QED) is 0.783. The van der Waals surface area contributed by atoms with Crippen LogP contribution in [0.3, 0.4) is 0 Å². The van der Waals surface area contributed by atoms with Crippen LogP contribution in [0.1, 0.15) is 26.7 Å². The monoisotopic (exact) mass is 326 g/mol. The Labute approximate surface area is 146 Å². The van der Waals surface area contributed by atoms with Gasteiger partial charge in [-0.25, -0.2) is 0 Å². The van der Waals surface area contributed by atoms with Crippen LogP contribution in [0.5, 0.6) is 5.75 Å². The molecule has 4 aliphatic rings. The molecule has 24 heavy (non-hydrogen) atoms. The van der Waals surface area contributed by atoms with Crippen molar-refractivity contribution in [3.8, 4) is 5.75 Å². The lowest BCUT2D eigenvalue weighted by atomic mass is 9.49. The number of piperazine rings is 1. The van der Waals surface area contributed by atoms with E-state index in [1.807, 2.05) is 6.07 Å². The standard InChI is InChI=1S/C21H30N2O/c1-21(2)17-8-7-16(20(21)13-17)15-22-9-11-23(12-10-22)18-5-4-6-19(14-18)24-3/h4-7,14,17,20H,8-13,15H2,1-3H3/t17-,20-/m0/s1. The number of hydrogen-bond acceptors (Lipinski definition) is 3. The first-order valence-electron chi connectivity index (χ1n) is 9.38. The van der Waals surface area contributed by atoms with Crippen molar-refractivity contribution in [2.75, 3.05) is 44.7 Å². The smallest absolute Gasteiger partial charge is 0.120 e. The predicted octanol–water partition coefficient (Wildman–Crippen LogP) is 3.81. The van der Waals surface area contributed by atoms with Crippen LogP contribution in [0, 0.1) is 17.3 Å². The Morgan fingerprint density at radius 2 is 1.96 bits per heavy atom. The molecule has 1 aromatic carbocycles. The number of rotatable bonds is 4. The molecule has 0 N–H and O–H groups in total. The normalized spacial score (nSPS) is 29.0. The molecule has 3 aliphatic carbocycles. The van der Waals surface area contributed by atoms with Crippen molar-refractivity contribution in [3.63, 3.8) is 0 Å². The largest absolute Gasteiger partial charge is 0.497 e. The van der Waals surface area contributed by atoms with Gasteiger partial charge in [-0.05, 0) is 42.2 Å². The first-order valence-corrected chi connectivity index (χ1v) is 9.38. The molecule has 1 saturated heterocycles. The fourth-order valence-electron chi connectivity index (χ4n) is 4.89. The van der Waals surface area contributed by atoms with Crippen LogP contribution in [0.25, 0.3) is 0 Å². The highest BCUT2D eigenvalue weighted by Gasteiger charge is 2.51. The Hall–Kier alpha value is -1.48. The third-order valence-corrected chi connectivity index (χ3v) is 6.78. The SMILES string of the molecule is COc1cccc(N2CCN(CC3=CC[C@H]4C[C@@H]3C4(C)C)CC2)c1. The summed E-state index contributed by atoms with van der Waals surface area (Å²) in [6.45, 7) is 10.7. The van der Waals surface area contributed by atoms with Crippen LogP contribution in [-0.2, 0) is 0 Å². The Bertz CT molecular complexity index is 628. The number of anilines is 1. The summed E-state index contributed by atoms with van der Waals surface area (Å²) >= 11 is 0. The molecule has 3 heteroatoms. The van der Waals surface area contributed by atoms with E-state index in [4.69, 9.17) is 4.74 Å². The lowest BCUT2D eigenvalue weighted by Crippen LogP contribution is -2.52. The van der Waals surface area contributed by atoms with Gasteiger partial charge in [0.1, 0.15) is 5.75 Å². The van der Waals surface area contributed by atoms with Gasteiger partial charge in [-0.2, -0.15) is 0 Å². The lowest BCUT2D eigenvalue weighted by Gasteiger charge is -2.57. The summed E-state index contributed by atoms with van der Waals surface area (Å²) < 4.78 is 5.36. The summed E-state index contributed by atoms with van der Waals surface area (Å²) in [6, 6.07) is 8.45. The molecule has 1 aromatic rings. The Morgan fingerprint density at radius 1 is 1.17 bits per heavy atom. The maximum Gasteiger partial charge on any atom is 0.120 e. The first kappa shape index (κ1) is 16.0. The summed E-state index contributed by atoms with van der Waals surface area (Å²) in [5.74, 6) is 2.73. The fourth-order valence-corrected chi connectivity index (χ4v) is 4.89. The molecule has 2 bridgehead atoms. The van der Waals surface area contributed by atoms with E-state index in [9.17, 15) is 0 Å². The molecule has 0 spiro atoms.